The first-order valence-corrected chi connectivity index (χ1v) is 5.55. The third kappa shape index (κ3) is 1.46. The van der Waals surface area contributed by atoms with E-state index in [0.717, 1.165) is 4.48 Å². The monoisotopic (exact) mass is 190 g/mol. The molecule has 0 amide bonds. The number of hydrogen-bond donors (Lipinski definition) is 0. The van der Waals surface area contributed by atoms with Crippen LogP contribution in [0.3, 0.4) is 0 Å². The smallest absolute Gasteiger partial charge is 0.114 e. The van der Waals surface area contributed by atoms with Crippen molar-refractivity contribution in [2.24, 2.45) is 0 Å². The Balaban J connectivity index is 2.45. The summed E-state index contributed by atoms with van der Waals surface area (Å²) < 4.78 is 1.15. The molecule has 1 atom stereocenters. The summed E-state index contributed by atoms with van der Waals surface area (Å²) in [5, 5.41) is 0. The Kier molecular flexibility index (Phi) is 2.36. The van der Waals surface area contributed by atoms with E-state index < -0.39 is 0 Å². The Labute approximate surface area is 86.9 Å². The van der Waals surface area contributed by atoms with Gasteiger partial charge in [0.25, 0.3) is 0 Å². The summed E-state index contributed by atoms with van der Waals surface area (Å²) in [6, 6.07) is 9.63. The fourth-order valence-corrected chi connectivity index (χ4v) is 2.74. The molecular formula is C13H20N+. The zero-order valence-corrected chi connectivity index (χ0v) is 9.46. The zero-order chi connectivity index (χ0) is 10.2. The van der Waals surface area contributed by atoms with Crippen molar-refractivity contribution in [2.45, 2.75) is 25.8 Å². The van der Waals surface area contributed by atoms with Gasteiger partial charge >= 0.3 is 0 Å². The maximum Gasteiger partial charge on any atom is 0.114 e. The number of nitrogens with zero attached hydrogens (tertiary/aromatic N) is 1. The number of benzene rings is 1. The number of likely N-dealkylation sites (N-methyl/N-ethyl adjacent to an activating group) is 1. The molecule has 0 fully saturated rings. The van der Waals surface area contributed by atoms with Gasteiger partial charge < -0.3 is 4.48 Å². The molecule has 14 heavy (non-hydrogen) atoms. The summed E-state index contributed by atoms with van der Waals surface area (Å²) in [4.78, 5) is 0. The number of hydrogen-bond acceptors (Lipinski definition) is 0. The lowest BCUT2D eigenvalue weighted by molar-refractivity contribution is -0.923. The first-order valence-electron chi connectivity index (χ1n) is 5.55. The fourth-order valence-electron chi connectivity index (χ4n) is 2.74. The number of rotatable bonds is 1. The molecule has 1 aromatic carbocycles. The van der Waals surface area contributed by atoms with Crippen molar-refractivity contribution >= 4 is 0 Å². The van der Waals surface area contributed by atoms with E-state index in [9.17, 15) is 0 Å². The predicted octanol–water partition coefficient (Wildman–Crippen LogP) is 2.77. The number of fused-ring (bicyclic) bond motifs is 1. The summed E-state index contributed by atoms with van der Waals surface area (Å²) in [7, 11) is 4.70. The average Bonchev–Trinajstić information content (AvgIpc) is 2.17. The standard InChI is InChI=1S/C13H20N/c1-4-13-12-8-6-5-7-11(12)9-10-14(13,2)3/h5-8,13H,4,9-10H2,1-3H3/q+1. The summed E-state index contributed by atoms with van der Waals surface area (Å²) in [5.41, 5.74) is 3.14. The molecule has 1 aliphatic heterocycles. The SMILES string of the molecule is CCC1c2ccccc2CC[N+]1(C)C. The van der Waals surface area contributed by atoms with Crippen molar-refractivity contribution in [3.63, 3.8) is 0 Å². The molecule has 76 valence electrons. The van der Waals surface area contributed by atoms with Gasteiger partial charge in [-0.05, 0) is 5.56 Å². The van der Waals surface area contributed by atoms with Crippen molar-refractivity contribution < 1.29 is 4.48 Å². The van der Waals surface area contributed by atoms with Gasteiger partial charge in [-0.15, -0.1) is 0 Å². The van der Waals surface area contributed by atoms with E-state index in [2.05, 4.69) is 45.3 Å². The Bertz CT molecular complexity index is 328. The fraction of sp³-hybridized carbons (Fsp3) is 0.538. The van der Waals surface area contributed by atoms with Crippen LogP contribution in [0.15, 0.2) is 24.3 Å². The van der Waals surface area contributed by atoms with Gasteiger partial charge in [0.1, 0.15) is 6.04 Å². The Morgan fingerprint density at radius 2 is 2.00 bits per heavy atom. The lowest BCUT2D eigenvalue weighted by Crippen LogP contribution is -2.47. The van der Waals surface area contributed by atoms with Crippen LogP contribution in [-0.2, 0) is 6.42 Å². The van der Waals surface area contributed by atoms with Gasteiger partial charge in [0.2, 0.25) is 0 Å². The maximum atomic E-state index is 2.35. The molecule has 0 saturated heterocycles. The van der Waals surface area contributed by atoms with Crippen LogP contribution >= 0.6 is 0 Å². The first kappa shape index (κ1) is 9.72. The van der Waals surface area contributed by atoms with E-state index in [4.69, 9.17) is 0 Å². The maximum absolute atomic E-state index is 2.35. The molecular weight excluding hydrogens is 170 g/mol. The van der Waals surface area contributed by atoms with Gasteiger partial charge in [-0.3, -0.25) is 0 Å². The minimum absolute atomic E-state index is 0.694. The van der Waals surface area contributed by atoms with Gasteiger partial charge in [0, 0.05) is 18.4 Å². The van der Waals surface area contributed by atoms with Crippen LogP contribution < -0.4 is 0 Å². The van der Waals surface area contributed by atoms with E-state index >= 15 is 0 Å². The highest BCUT2D eigenvalue weighted by Gasteiger charge is 2.33. The second kappa shape index (κ2) is 3.39. The van der Waals surface area contributed by atoms with Crippen LogP contribution in [-0.4, -0.2) is 25.1 Å². The highest BCUT2D eigenvalue weighted by Crippen LogP contribution is 2.34. The molecule has 1 nitrogen and oxygen atoms in total. The van der Waals surface area contributed by atoms with Gasteiger partial charge in [0.05, 0.1) is 20.6 Å². The number of quaternary nitrogens is 1. The molecule has 1 aliphatic rings. The van der Waals surface area contributed by atoms with Crippen LogP contribution in [0.2, 0.25) is 0 Å². The molecule has 2 rings (SSSR count). The molecule has 0 spiro atoms. The van der Waals surface area contributed by atoms with Crippen molar-refractivity contribution in [2.75, 3.05) is 20.6 Å². The lowest BCUT2D eigenvalue weighted by atomic mass is 9.90. The highest BCUT2D eigenvalue weighted by atomic mass is 15.3. The topological polar surface area (TPSA) is 0 Å². The average molecular weight is 190 g/mol. The van der Waals surface area contributed by atoms with E-state index in [0.29, 0.717) is 6.04 Å². The largest absolute Gasteiger partial charge is 0.322 e. The van der Waals surface area contributed by atoms with Crippen LogP contribution in [0.1, 0.15) is 30.5 Å². The summed E-state index contributed by atoms with van der Waals surface area (Å²) >= 11 is 0. The first-order chi connectivity index (χ1) is 6.65. The molecule has 0 bridgehead atoms. The van der Waals surface area contributed by atoms with Gasteiger partial charge in [0.15, 0.2) is 0 Å². The van der Waals surface area contributed by atoms with E-state index in [1.54, 1.807) is 11.1 Å². The third-order valence-corrected chi connectivity index (χ3v) is 3.60. The summed E-state index contributed by atoms with van der Waals surface area (Å²) in [6.45, 7) is 3.57. The van der Waals surface area contributed by atoms with E-state index in [1.165, 1.54) is 19.4 Å². The zero-order valence-electron chi connectivity index (χ0n) is 9.46. The van der Waals surface area contributed by atoms with Crippen molar-refractivity contribution in [1.82, 2.24) is 0 Å². The molecule has 0 N–H and O–H groups in total. The van der Waals surface area contributed by atoms with Crippen molar-refractivity contribution in [3.05, 3.63) is 35.4 Å². The van der Waals surface area contributed by atoms with Gasteiger partial charge in [-0.2, -0.15) is 0 Å². The van der Waals surface area contributed by atoms with Crippen molar-refractivity contribution in [1.29, 1.82) is 0 Å². The molecule has 1 heterocycles. The second-order valence-corrected chi connectivity index (χ2v) is 4.88. The second-order valence-electron chi connectivity index (χ2n) is 4.88. The minimum atomic E-state index is 0.694. The van der Waals surface area contributed by atoms with Crippen molar-refractivity contribution in [3.8, 4) is 0 Å². The third-order valence-electron chi connectivity index (χ3n) is 3.60. The highest BCUT2D eigenvalue weighted by molar-refractivity contribution is 5.30. The Hall–Kier alpha value is -0.820. The quantitative estimate of drug-likeness (QED) is 0.597. The normalized spacial score (nSPS) is 24.4. The van der Waals surface area contributed by atoms with Crippen LogP contribution in [0, 0.1) is 0 Å². The van der Waals surface area contributed by atoms with Gasteiger partial charge in [-0.25, -0.2) is 0 Å². The molecule has 0 aliphatic carbocycles. The van der Waals surface area contributed by atoms with E-state index in [-0.39, 0.29) is 0 Å². The molecule has 0 aromatic heterocycles. The molecule has 1 heteroatoms. The molecule has 1 unspecified atom stereocenters. The van der Waals surface area contributed by atoms with Gasteiger partial charge in [-0.1, -0.05) is 31.2 Å². The Morgan fingerprint density at radius 1 is 1.29 bits per heavy atom. The minimum Gasteiger partial charge on any atom is -0.322 e. The molecule has 1 aromatic rings. The lowest BCUT2D eigenvalue weighted by Gasteiger charge is -2.42. The summed E-state index contributed by atoms with van der Waals surface area (Å²) in [6.07, 6.45) is 2.48. The summed E-state index contributed by atoms with van der Waals surface area (Å²) in [5.74, 6) is 0. The van der Waals surface area contributed by atoms with Crippen LogP contribution in [0.4, 0.5) is 0 Å². The van der Waals surface area contributed by atoms with E-state index in [1.807, 2.05) is 0 Å². The molecule has 0 saturated carbocycles. The Morgan fingerprint density at radius 3 is 2.71 bits per heavy atom. The van der Waals surface area contributed by atoms with Crippen LogP contribution in [0.5, 0.6) is 0 Å². The predicted molar refractivity (Wildman–Crippen MR) is 60.2 cm³/mol. The molecule has 0 radical (unpaired) electrons. The van der Waals surface area contributed by atoms with Crippen LogP contribution in [0.25, 0.3) is 0 Å².